The number of nitrogens with one attached hydrogen (secondary N) is 2. The van der Waals surface area contributed by atoms with E-state index in [1.165, 1.54) is 0 Å². The number of benzene rings is 3. The lowest BCUT2D eigenvalue weighted by molar-refractivity contribution is -0.119. The Labute approximate surface area is 242 Å². The normalized spacial score (nSPS) is 14.8. The van der Waals surface area contributed by atoms with Gasteiger partial charge in [0.05, 0.1) is 41.7 Å². The molecule has 10 heteroatoms. The molecule has 0 saturated carbocycles. The first-order chi connectivity index (χ1) is 19.9. The summed E-state index contributed by atoms with van der Waals surface area (Å²) in [5.41, 5.74) is 10.2. The molecule has 0 saturated heterocycles. The van der Waals surface area contributed by atoms with Crippen LogP contribution in [0.5, 0.6) is 5.75 Å². The van der Waals surface area contributed by atoms with Gasteiger partial charge in [-0.1, -0.05) is 48.0 Å². The van der Waals surface area contributed by atoms with Crippen molar-refractivity contribution < 1.29 is 14.3 Å². The summed E-state index contributed by atoms with van der Waals surface area (Å²) in [6.45, 7) is 1.71. The fourth-order valence-electron chi connectivity index (χ4n) is 4.89. The van der Waals surface area contributed by atoms with E-state index in [9.17, 15) is 9.59 Å². The average Bonchev–Trinajstić information content (AvgIpc) is 3.44. The van der Waals surface area contributed by atoms with Gasteiger partial charge in [0, 0.05) is 48.9 Å². The molecule has 0 spiro atoms. The van der Waals surface area contributed by atoms with Gasteiger partial charge in [-0.3, -0.25) is 9.59 Å². The number of rotatable bonds is 10. The maximum atomic E-state index is 13.2. The number of hydrogen-bond donors (Lipinski definition) is 3. The van der Waals surface area contributed by atoms with E-state index in [1.54, 1.807) is 36.7 Å². The van der Waals surface area contributed by atoms with Crippen molar-refractivity contribution in [2.24, 2.45) is 5.73 Å². The minimum absolute atomic E-state index is 0.0254. The van der Waals surface area contributed by atoms with Crippen LogP contribution >= 0.6 is 11.6 Å². The molecule has 1 aliphatic rings. The minimum Gasteiger partial charge on any atom is -0.492 e. The van der Waals surface area contributed by atoms with Gasteiger partial charge in [-0.05, 0) is 41.5 Å². The van der Waals surface area contributed by atoms with Gasteiger partial charge in [0.2, 0.25) is 5.91 Å². The van der Waals surface area contributed by atoms with Gasteiger partial charge in [-0.25, -0.2) is 4.98 Å². The van der Waals surface area contributed by atoms with Crippen LogP contribution in [0.15, 0.2) is 79.3 Å². The highest BCUT2D eigenvalue weighted by molar-refractivity contribution is 6.30. The van der Waals surface area contributed by atoms with Gasteiger partial charge in [-0.2, -0.15) is 5.26 Å². The first-order valence-electron chi connectivity index (χ1n) is 13.2. The van der Waals surface area contributed by atoms with Crippen molar-refractivity contribution in [1.82, 2.24) is 20.2 Å². The SMILES string of the molecule is N#Cc1ccc(Cn2cnc(CNC3CCOc4c(C(=O)NC[C@H](C(N)=O)c5ccc(Cl)cc5)cccc43)c2)cc1. The van der Waals surface area contributed by atoms with Gasteiger partial charge in [0.15, 0.2) is 0 Å². The Balaban J connectivity index is 1.22. The summed E-state index contributed by atoms with van der Waals surface area (Å²) >= 11 is 5.96. The Bertz CT molecular complexity index is 1580. The molecule has 0 aliphatic carbocycles. The van der Waals surface area contributed by atoms with E-state index in [2.05, 4.69) is 21.7 Å². The molecule has 4 aromatic rings. The Morgan fingerprint density at radius 3 is 2.66 bits per heavy atom. The van der Waals surface area contributed by atoms with Gasteiger partial charge in [0.1, 0.15) is 5.75 Å². The number of halogens is 1. The highest BCUT2D eigenvalue weighted by Gasteiger charge is 2.27. The van der Waals surface area contributed by atoms with Crippen LogP contribution in [0.3, 0.4) is 0 Å². The smallest absolute Gasteiger partial charge is 0.255 e. The number of nitrogens with zero attached hydrogens (tertiary/aromatic N) is 3. The summed E-state index contributed by atoms with van der Waals surface area (Å²) in [5, 5.41) is 15.9. The lowest BCUT2D eigenvalue weighted by Crippen LogP contribution is -2.35. The number of carbonyl (C=O) groups is 2. The van der Waals surface area contributed by atoms with Crippen LogP contribution in [-0.4, -0.2) is 34.5 Å². The molecular formula is C31H29ClN6O3. The average molecular weight is 569 g/mol. The van der Waals surface area contributed by atoms with E-state index in [1.807, 2.05) is 47.2 Å². The second-order valence-corrected chi connectivity index (χ2v) is 10.3. The predicted octanol–water partition coefficient (Wildman–Crippen LogP) is 4.07. The zero-order valence-electron chi connectivity index (χ0n) is 22.2. The third-order valence-electron chi connectivity index (χ3n) is 7.07. The van der Waals surface area contributed by atoms with Crippen LogP contribution < -0.4 is 21.1 Å². The molecule has 2 amide bonds. The molecule has 1 aromatic heterocycles. The maximum absolute atomic E-state index is 13.2. The summed E-state index contributed by atoms with van der Waals surface area (Å²) in [6.07, 6.45) is 4.52. The summed E-state index contributed by atoms with van der Waals surface area (Å²) < 4.78 is 7.95. The lowest BCUT2D eigenvalue weighted by Gasteiger charge is -2.28. The maximum Gasteiger partial charge on any atom is 0.255 e. The van der Waals surface area contributed by atoms with E-state index in [0.717, 1.165) is 23.2 Å². The molecule has 1 unspecified atom stereocenters. The summed E-state index contributed by atoms with van der Waals surface area (Å²) in [5.74, 6) is -1.04. The molecule has 1 aliphatic heterocycles. The summed E-state index contributed by atoms with van der Waals surface area (Å²) in [6, 6.07) is 21.9. The lowest BCUT2D eigenvalue weighted by atomic mass is 9.96. The standard InChI is InChI=1S/C31H29ClN6O3/c32-23-10-8-22(9-11-23)27(30(34)39)16-36-31(40)26-3-1-2-25-28(12-13-41-29(25)26)35-15-24-18-38(19-37-24)17-21-6-4-20(14-33)5-7-21/h1-11,18-19,27-28,35H,12-13,15-17H2,(H2,34,39)(H,36,40)/t27-,28?/m0/s1. The predicted molar refractivity (Wildman–Crippen MR) is 154 cm³/mol. The molecule has 5 rings (SSSR count). The van der Waals surface area contributed by atoms with Gasteiger partial charge in [-0.15, -0.1) is 0 Å². The number of ether oxygens (including phenoxy) is 1. The zero-order valence-corrected chi connectivity index (χ0v) is 23.0. The molecular weight excluding hydrogens is 540 g/mol. The molecule has 0 radical (unpaired) electrons. The van der Waals surface area contributed by atoms with Crippen LogP contribution in [-0.2, 0) is 17.9 Å². The van der Waals surface area contributed by atoms with Crippen molar-refractivity contribution in [3.8, 4) is 11.8 Å². The Morgan fingerprint density at radius 1 is 1.15 bits per heavy atom. The largest absolute Gasteiger partial charge is 0.492 e. The van der Waals surface area contributed by atoms with Gasteiger partial charge in [0.25, 0.3) is 5.91 Å². The van der Waals surface area contributed by atoms with Gasteiger partial charge < -0.3 is 25.7 Å². The topological polar surface area (TPSA) is 135 Å². The summed E-state index contributed by atoms with van der Waals surface area (Å²) in [4.78, 5) is 29.8. The van der Waals surface area contributed by atoms with Crippen molar-refractivity contribution in [1.29, 1.82) is 5.26 Å². The molecule has 2 atom stereocenters. The van der Waals surface area contributed by atoms with Crippen molar-refractivity contribution in [2.45, 2.75) is 31.5 Å². The highest BCUT2D eigenvalue weighted by Crippen LogP contribution is 2.35. The first kappa shape index (κ1) is 27.9. The van der Waals surface area contributed by atoms with Crippen LogP contribution in [0.4, 0.5) is 0 Å². The second-order valence-electron chi connectivity index (χ2n) is 9.86. The number of para-hydroxylation sites is 1. The minimum atomic E-state index is -0.692. The number of hydrogen-bond acceptors (Lipinski definition) is 6. The number of carbonyl (C=O) groups excluding carboxylic acids is 2. The third kappa shape index (κ3) is 6.74. The first-order valence-corrected chi connectivity index (χ1v) is 13.6. The molecule has 9 nitrogen and oxygen atoms in total. The second kappa shape index (κ2) is 12.7. The van der Waals surface area contributed by atoms with Crippen LogP contribution in [0.1, 0.15) is 56.7 Å². The fraction of sp³-hybridized carbons (Fsp3) is 0.226. The Hall–Kier alpha value is -4.65. The van der Waals surface area contributed by atoms with Crippen molar-refractivity contribution in [2.75, 3.05) is 13.2 Å². The fourth-order valence-corrected chi connectivity index (χ4v) is 5.02. The van der Waals surface area contributed by atoms with E-state index >= 15 is 0 Å². The number of nitrogens with two attached hydrogens (primary N) is 1. The molecule has 208 valence electrons. The number of aromatic nitrogens is 2. The van der Waals surface area contributed by atoms with Gasteiger partial charge >= 0.3 is 0 Å². The molecule has 0 bridgehead atoms. The summed E-state index contributed by atoms with van der Waals surface area (Å²) in [7, 11) is 0. The van der Waals surface area contributed by atoms with Crippen LogP contribution in [0, 0.1) is 11.3 Å². The van der Waals surface area contributed by atoms with E-state index in [0.29, 0.717) is 47.2 Å². The molecule has 2 heterocycles. The zero-order chi connectivity index (χ0) is 28.8. The molecule has 41 heavy (non-hydrogen) atoms. The number of amides is 2. The molecule has 4 N–H and O–H groups in total. The Kier molecular flexibility index (Phi) is 8.63. The van der Waals surface area contributed by atoms with Crippen LogP contribution in [0.25, 0.3) is 0 Å². The monoisotopic (exact) mass is 568 g/mol. The van der Waals surface area contributed by atoms with Crippen molar-refractivity contribution >= 4 is 23.4 Å². The number of imidazole rings is 1. The van der Waals surface area contributed by atoms with Crippen molar-refractivity contribution in [3.63, 3.8) is 0 Å². The number of nitriles is 1. The highest BCUT2D eigenvalue weighted by atomic mass is 35.5. The van der Waals surface area contributed by atoms with E-state index in [-0.39, 0.29) is 18.5 Å². The third-order valence-corrected chi connectivity index (χ3v) is 7.32. The molecule has 3 aromatic carbocycles. The van der Waals surface area contributed by atoms with E-state index < -0.39 is 11.8 Å². The quantitative estimate of drug-likeness (QED) is 0.264. The number of fused-ring (bicyclic) bond motifs is 1. The van der Waals surface area contributed by atoms with E-state index in [4.69, 9.17) is 27.3 Å². The number of primary amides is 1. The van der Waals surface area contributed by atoms with Crippen molar-refractivity contribution in [3.05, 3.63) is 118 Å². The molecule has 0 fully saturated rings. The Morgan fingerprint density at radius 2 is 1.93 bits per heavy atom. The van der Waals surface area contributed by atoms with Crippen LogP contribution in [0.2, 0.25) is 5.02 Å².